The minimum atomic E-state index is -0.902. The van der Waals surface area contributed by atoms with E-state index < -0.39 is 17.6 Å². The van der Waals surface area contributed by atoms with Gasteiger partial charge in [-0.1, -0.05) is 29.8 Å². The topological polar surface area (TPSA) is 72.2 Å². The Labute approximate surface area is 151 Å². The monoisotopic (exact) mass is 374 g/mol. The van der Waals surface area contributed by atoms with Crippen LogP contribution in [-0.4, -0.2) is 11.8 Å². The first-order valence-electron chi connectivity index (χ1n) is 7.21. The van der Waals surface area contributed by atoms with E-state index in [-0.39, 0.29) is 11.3 Å². The Kier molecular flexibility index (Phi) is 4.83. The lowest BCUT2D eigenvalue weighted by molar-refractivity contribution is -0.111. The lowest BCUT2D eigenvalue weighted by Crippen LogP contribution is -2.14. The Morgan fingerprint density at radius 2 is 1.96 bits per heavy atom. The average Bonchev–Trinajstić information content (AvgIpc) is 2.91. The van der Waals surface area contributed by atoms with Gasteiger partial charge in [-0.15, -0.1) is 11.3 Å². The van der Waals surface area contributed by atoms with Crippen LogP contribution in [-0.2, 0) is 4.79 Å². The van der Waals surface area contributed by atoms with Gasteiger partial charge in [-0.3, -0.25) is 9.59 Å². The van der Waals surface area contributed by atoms with E-state index in [1.54, 1.807) is 6.08 Å². The van der Waals surface area contributed by atoms with E-state index in [0.717, 1.165) is 21.0 Å². The third-order valence-corrected chi connectivity index (χ3v) is 5.10. The molecule has 0 radical (unpaired) electrons. The summed E-state index contributed by atoms with van der Waals surface area (Å²) in [5.41, 5.74) is 5.07. The molecule has 1 aromatic heterocycles. The zero-order valence-electron chi connectivity index (χ0n) is 12.8. The van der Waals surface area contributed by atoms with Gasteiger partial charge < -0.3 is 11.1 Å². The molecule has 0 aliphatic rings. The number of rotatable bonds is 4. The van der Waals surface area contributed by atoms with Crippen LogP contribution in [0.2, 0.25) is 5.02 Å². The molecule has 2 aromatic carbocycles. The molecule has 1 heterocycles. The van der Waals surface area contributed by atoms with Crippen LogP contribution in [0.1, 0.15) is 15.2 Å². The second kappa shape index (κ2) is 7.04. The van der Waals surface area contributed by atoms with Crippen LogP contribution >= 0.6 is 22.9 Å². The summed E-state index contributed by atoms with van der Waals surface area (Å²) >= 11 is 7.78. The van der Waals surface area contributed by atoms with E-state index in [2.05, 4.69) is 5.32 Å². The number of anilines is 1. The van der Waals surface area contributed by atoms with Gasteiger partial charge in [0.2, 0.25) is 5.91 Å². The van der Waals surface area contributed by atoms with Gasteiger partial charge in [-0.2, -0.15) is 0 Å². The minimum absolute atomic E-state index is 0.271. The van der Waals surface area contributed by atoms with Gasteiger partial charge in [0.25, 0.3) is 5.91 Å². The first-order chi connectivity index (χ1) is 12.0. The van der Waals surface area contributed by atoms with Crippen LogP contribution < -0.4 is 11.1 Å². The van der Waals surface area contributed by atoms with E-state index in [1.807, 2.05) is 24.3 Å². The van der Waals surface area contributed by atoms with E-state index >= 15 is 0 Å². The molecule has 126 valence electrons. The van der Waals surface area contributed by atoms with Gasteiger partial charge in [0.1, 0.15) is 5.82 Å². The maximum absolute atomic E-state index is 13.4. The maximum atomic E-state index is 13.4. The molecular formula is C18H12ClFN2O2S. The SMILES string of the molecule is NC(=O)c1cc(NC(=O)/C=C/c2sc3ccccc3c2Cl)ccc1F. The summed E-state index contributed by atoms with van der Waals surface area (Å²) in [5, 5.41) is 4.06. The number of nitrogens with two attached hydrogens (primary N) is 1. The van der Waals surface area contributed by atoms with Crippen molar-refractivity contribution in [2.45, 2.75) is 0 Å². The Bertz CT molecular complexity index is 1010. The van der Waals surface area contributed by atoms with Crippen molar-refractivity contribution in [3.05, 3.63) is 69.8 Å². The normalized spacial score (nSPS) is 11.1. The summed E-state index contributed by atoms with van der Waals surface area (Å²) in [6.07, 6.45) is 2.94. The fraction of sp³-hybridized carbons (Fsp3) is 0. The summed E-state index contributed by atoms with van der Waals surface area (Å²) in [5.74, 6) is -2.07. The smallest absolute Gasteiger partial charge is 0.251 e. The molecule has 3 aromatic rings. The molecule has 4 nitrogen and oxygen atoms in total. The van der Waals surface area contributed by atoms with Crippen molar-refractivity contribution in [3.8, 4) is 0 Å². The highest BCUT2D eigenvalue weighted by molar-refractivity contribution is 7.20. The Hall–Kier alpha value is -2.70. The predicted octanol–water partition coefficient (Wildman–Crippen LogP) is 4.44. The zero-order valence-corrected chi connectivity index (χ0v) is 14.3. The van der Waals surface area contributed by atoms with Crippen LogP contribution in [0.15, 0.2) is 48.5 Å². The van der Waals surface area contributed by atoms with Crippen LogP contribution in [0.5, 0.6) is 0 Å². The molecule has 0 aliphatic heterocycles. The number of primary amides is 1. The maximum Gasteiger partial charge on any atom is 0.251 e. The molecule has 0 aliphatic carbocycles. The van der Waals surface area contributed by atoms with Gasteiger partial charge >= 0.3 is 0 Å². The van der Waals surface area contributed by atoms with Crippen molar-refractivity contribution in [1.82, 2.24) is 0 Å². The van der Waals surface area contributed by atoms with Crippen molar-refractivity contribution in [2.24, 2.45) is 5.73 Å². The summed E-state index contributed by atoms with van der Waals surface area (Å²) in [7, 11) is 0. The fourth-order valence-electron chi connectivity index (χ4n) is 2.27. The minimum Gasteiger partial charge on any atom is -0.366 e. The molecule has 3 N–H and O–H groups in total. The number of halogens is 2. The molecule has 0 spiro atoms. The van der Waals surface area contributed by atoms with Gasteiger partial charge in [-0.25, -0.2) is 4.39 Å². The average molecular weight is 375 g/mol. The number of thiophene rings is 1. The van der Waals surface area contributed by atoms with Crippen LogP contribution in [0.3, 0.4) is 0 Å². The Morgan fingerprint density at radius 3 is 2.68 bits per heavy atom. The molecular weight excluding hydrogens is 363 g/mol. The quantitative estimate of drug-likeness (QED) is 0.662. The fourth-order valence-corrected chi connectivity index (χ4v) is 3.67. The Morgan fingerprint density at radius 1 is 1.20 bits per heavy atom. The highest BCUT2D eigenvalue weighted by Crippen LogP contribution is 2.35. The van der Waals surface area contributed by atoms with Gasteiger partial charge in [0, 0.05) is 26.7 Å². The molecule has 2 amide bonds. The molecule has 0 fully saturated rings. The number of amides is 2. The van der Waals surface area contributed by atoms with E-state index in [0.29, 0.717) is 5.02 Å². The molecule has 0 saturated heterocycles. The van der Waals surface area contributed by atoms with Crippen molar-refractivity contribution in [1.29, 1.82) is 0 Å². The summed E-state index contributed by atoms with van der Waals surface area (Å²) in [6, 6.07) is 11.3. The van der Waals surface area contributed by atoms with Crippen molar-refractivity contribution < 1.29 is 14.0 Å². The molecule has 7 heteroatoms. The molecule has 0 saturated carbocycles. The highest BCUT2D eigenvalue weighted by atomic mass is 35.5. The van der Waals surface area contributed by atoms with Crippen molar-refractivity contribution in [3.63, 3.8) is 0 Å². The van der Waals surface area contributed by atoms with Gasteiger partial charge in [-0.05, 0) is 30.3 Å². The standard InChI is InChI=1S/C18H12ClFN2O2S/c19-17-11-3-1-2-4-14(11)25-15(17)7-8-16(23)22-10-5-6-13(20)12(9-10)18(21)24/h1-9H,(H2,21,24)(H,22,23)/b8-7+. The largest absolute Gasteiger partial charge is 0.366 e. The van der Waals surface area contributed by atoms with Crippen molar-refractivity contribution >= 4 is 56.6 Å². The Balaban J connectivity index is 1.78. The van der Waals surface area contributed by atoms with Gasteiger partial charge in [0.15, 0.2) is 0 Å². The van der Waals surface area contributed by atoms with E-state index in [1.165, 1.54) is 29.5 Å². The summed E-state index contributed by atoms with van der Waals surface area (Å²) in [4.78, 5) is 23.9. The number of hydrogen-bond donors (Lipinski definition) is 2. The summed E-state index contributed by atoms with van der Waals surface area (Å²) < 4.78 is 14.5. The number of benzene rings is 2. The first kappa shape index (κ1) is 17.1. The lowest BCUT2D eigenvalue weighted by Gasteiger charge is -2.04. The molecule has 25 heavy (non-hydrogen) atoms. The molecule has 0 unspecified atom stereocenters. The number of carbonyl (C=O) groups is 2. The second-order valence-corrected chi connectivity index (χ2v) is 6.62. The second-order valence-electron chi connectivity index (χ2n) is 5.16. The third-order valence-electron chi connectivity index (χ3n) is 3.45. The molecule has 3 rings (SSSR count). The first-order valence-corrected chi connectivity index (χ1v) is 8.40. The van der Waals surface area contributed by atoms with Crippen LogP contribution in [0.4, 0.5) is 10.1 Å². The predicted molar refractivity (Wildman–Crippen MR) is 99.4 cm³/mol. The number of carbonyl (C=O) groups excluding carboxylic acids is 2. The number of fused-ring (bicyclic) bond motifs is 1. The highest BCUT2D eigenvalue weighted by Gasteiger charge is 2.10. The summed E-state index contributed by atoms with van der Waals surface area (Å²) in [6.45, 7) is 0. The lowest BCUT2D eigenvalue weighted by atomic mass is 10.2. The third kappa shape index (κ3) is 3.70. The zero-order chi connectivity index (χ0) is 18.0. The van der Waals surface area contributed by atoms with Crippen LogP contribution in [0.25, 0.3) is 16.2 Å². The molecule has 0 bridgehead atoms. The number of nitrogens with one attached hydrogen (secondary N) is 1. The van der Waals surface area contributed by atoms with E-state index in [4.69, 9.17) is 17.3 Å². The molecule has 0 atom stereocenters. The van der Waals surface area contributed by atoms with Crippen molar-refractivity contribution in [2.75, 3.05) is 5.32 Å². The van der Waals surface area contributed by atoms with E-state index in [9.17, 15) is 14.0 Å². The van der Waals surface area contributed by atoms with Crippen LogP contribution in [0, 0.1) is 5.82 Å². The van der Waals surface area contributed by atoms with Gasteiger partial charge in [0.05, 0.1) is 10.6 Å². The number of hydrogen-bond acceptors (Lipinski definition) is 3.